The molecule has 1 fully saturated rings. The van der Waals surface area contributed by atoms with Crippen LogP contribution in [-0.4, -0.2) is 39.1 Å². The summed E-state index contributed by atoms with van der Waals surface area (Å²) >= 11 is 0. The maximum atomic E-state index is 14.2. The molecule has 1 N–H and O–H groups in total. The molecule has 0 aromatic carbocycles. The molecule has 0 atom stereocenters. The molecule has 0 saturated carbocycles. The predicted octanol–water partition coefficient (Wildman–Crippen LogP) is 2.67. The van der Waals surface area contributed by atoms with E-state index >= 15 is 0 Å². The summed E-state index contributed by atoms with van der Waals surface area (Å²) < 4.78 is 14.2. The van der Waals surface area contributed by atoms with Gasteiger partial charge in [0.1, 0.15) is 18.0 Å². The Morgan fingerprint density at radius 1 is 1.21 bits per heavy atom. The lowest BCUT2D eigenvalue weighted by Gasteiger charge is -2.33. The normalized spacial score (nSPS) is 15.6. The molecular formula is C17H23FN6. The third-order valence-electron chi connectivity index (χ3n) is 4.31. The fourth-order valence-corrected chi connectivity index (χ4v) is 3.06. The van der Waals surface area contributed by atoms with E-state index in [2.05, 4.69) is 30.2 Å². The van der Waals surface area contributed by atoms with Crippen molar-refractivity contribution in [2.24, 2.45) is 0 Å². The topological polar surface area (TPSA) is 66.8 Å². The zero-order chi connectivity index (χ0) is 17.1. The minimum atomic E-state index is -0.329. The molecule has 7 heteroatoms. The molecule has 0 aliphatic carbocycles. The van der Waals surface area contributed by atoms with Gasteiger partial charge in [0.05, 0.1) is 5.69 Å². The second-order valence-electron chi connectivity index (χ2n) is 6.16. The van der Waals surface area contributed by atoms with E-state index in [1.165, 1.54) is 6.33 Å². The minimum Gasteiger partial charge on any atom is -0.365 e. The van der Waals surface area contributed by atoms with Crippen LogP contribution in [-0.2, 0) is 6.42 Å². The Kier molecular flexibility index (Phi) is 4.87. The van der Waals surface area contributed by atoms with Gasteiger partial charge in [0.25, 0.3) is 0 Å². The monoisotopic (exact) mass is 330 g/mol. The van der Waals surface area contributed by atoms with Crippen LogP contribution in [0.25, 0.3) is 0 Å². The Morgan fingerprint density at radius 2 is 1.96 bits per heavy atom. The van der Waals surface area contributed by atoms with Gasteiger partial charge in [0.2, 0.25) is 0 Å². The predicted molar refractivity (Wildman–Crippen MR) is 91.7 cm³/mol. The molecule has 0 bridgehead atoms. The Hall–Kier alpha value is -2.31. The highest BCUT2D eigenvalue weighted by Crippen LogP contribution is 2.22. The maximum absolute atomic E-state index is 14.2. The molecule has 24 heavy (non-hydrogen) atoms. The molecule has 1 aliphatic heterocycles. The molecule has 6 nitrogen and oxygen atoms in total. The van der Waals surface area contributed by atoms with Crippen LogP contribution in [0, 0.1) is 19.7 Å². The quantitative estimate of drug-likeness (QED) is 0.930. The van der Waals surface area contributed by atoms with Crippen molar-refractivity contribution in [1.82, 2.24) is 19.9 Å². The van der Waals surface area contributed by atoms with E-state index in [1.807, 2.05) is 26.8 Å². The van der Waals surface area contributed by atoms with E-state index in [9.17, 15) is 4.39 Å². The van der Waals surface area contributed by atoms with Crippen molar-refractivity contribution in [1.29, 1.82) is 0 Å². The summed E-state index contributed by atoms with van der Waals surface area (Å²) in [7, 11) is 0. The molecule has 1 saturated heterocycles. The summed E-state index contributed by atoms with van der Waals surface area (Å²) in [6, 6.07) is 2.22. The van der Waals surface area contributed by atoms with Crippen molar-refractivity contribution in [3.8, 4) is 0 Å². The molecule has 0 radical (unpaired) electrons. The van der Waals surface area contributed by atoms with Gasteiger partial charge in [-0.2, -0.15) is 0 Å². The number of rotatable bonds is 4. The van der Waals surface area contributed by atoms with Gasteiger partial charge in [-0.15, -0.1) is 0 Å². The molecule has 3 heterocycles. The summed E-state index contributed by atoms with van der Waals surface area (Å²) in [5.74, 6) is 1.75. The van der Waals surface area contributed by atoms with Crippen molar-refractivity contribution < 1.29 is 4.39 Å². The van der Waals surface area contributed by atoms with Crippen molar-refractivity contribution in [3.63, 3.8) is 0 Å². The Morgan fingerprint density at radius 3 is 2.62 bits per heavy atom. The third kappa shape index (κ3) is 3.60. The molecule has 0 unspecified atom stereocenters. The van der Waals surface area contributed by atoms with Crippen LogP contribution in [0.1, 0.15) is 37.0 Å². The SMILES string of the molecule is CCc1ncnc(NC2CCN(c3cc(C)nc(C)n3)CC2)c1F. The van der Waals surface area contributed by atoms with E-state index < -0.39 is 0 Å². The zero-order valence-electron chi connectivity index (χ0n) is 14.4. The number of hydrogen-bond acceptors (Lipinski definition) is 6. The number of halogens is 1. The first-order chi connectivity index (χ1) is 11.6. The highest BCUT2D eigenvalue weighted by atomic mass is 19.1. The fraction of sp³-hybridized carbons (Fsp3) is 0.529. The number of anilines is 2. The van der Waals surface area contributed by atoms with E-state index in [0.29, 0.717) is 17.9 Å². The molecule has 3 rings (SSSR count). The standard InChI is InChI=1S/C17H23FN6/c1-4-14-16(18)17(20-10-19-14)23-13-5-7-24(8-6-13)15-9-11(2)21-12(3)22-15/h9-10,13H,4-8H2,1-3H3,(H,19,20,23). The Bertz CT molecular complexity index is 692. The second kappa shape index (κ2) is 7.07. The first-order valence-electron chi connectivity index (χ1n) is 8.40. The highest BCUT2D eigenvalue weighted by molar-refractivity contribution is 5.42. The van der Waals surface area contributed by atoms with Crippen LogP contribution >= 0.6 is 0 Å². The van der Waals surface area contributed by atoms with Crippen molar-refractivity contribution >= 4 is 11.6 Å². The summed E-state index contributed by atoms with van der Waals surface area (Å²) in [5.41, 5.74) is 1.43. The molecule has 128 valence electrons. The highest BCUT2D eigenvalue weighted by Gasteiger charge is 2.22. The van der Waals surface area contributed by atoms with Gasteiger partial charge in [-0.05, 0) is 33.1 Å². The van der Waals surface area contributed by atoms with E-state index in [1.54, 1.807) is 0 Å². The first kappa shape index (κ1) is 16.5. The fourth-order valence-electron chi connectivity index (χ4n) is 3.06. The van der Waals surface area contributed by atoms with Gasteiger partial charge in [0, 0.05) is 30.9 Å². The summed E-state index contributed by atoms with van der Waals surface area (Å²) in [6.07, 6.45) is 3.81. The summed E-state index contributed by atoms with van der Waals surface area (Å²) in [4.78, 5) is 19.1. The lowest BCUT2D eigenvalue weighted by Crippen LogP contribution is -2.40. The molecule has 1 aliphatic rings. The number of piperidine rings is 1. The maximum Gasteiger partial charge on any atom is 0.186 e. The third-order valence-corrected chi connectivity index (χ3v) is 4.31. The van der Waals surface area contributed by atoms with Crippen LogP contribution in [0.2, 0.25) is 0 Å². The van der Waals surface area contributed by atoms with Crippen LogP contribution in [0.5, 0.6) is 0 Å². The van der Waals surface area contributed by atoms with Gasteiger partial charge in [-0.3, -0.25) is 0 Å². The largest absolute Gasteiger partial charge is 0.365 e. The summed E-state index contributed by atoms with van der Waals surface area (Å²) in [5, 5.41) is 3.23. The van der Waals surface area contributed by atoms with Crippen LogP contribution in [0.15, 0.2) is 12.4 Å². The molecule has 0 amide bonds. The minimum absolute atomic E-state index is 0.208. The molecular weight excluding hydrogens is 307 g/mol. The van der Waals surface area contributed by atoms with Gasteiger partial charge < -0.3 is 10.2 Å². The first-order valence-corrected chi connectivity index (χ1v) is 8.40. The van der Waals surface area contributed by atoms with E-state index in [-0.39, 0.29) is 11.9 Å². The van der Waals surface area contributed by atoms with Gasteiger partial charge >= 0.3 is 0 Å². The molecule has 2 aromatic rings. The molecule has 0 spiro atoms. The van der Waals surface area contributed by atoms with Crippen LogP contribution in [0.4, 0.5) is 16.0 Å². The van der Waals surface area contributed by atoms with Gasteiger partial charge in [-0.1, -0.05) is 6.92 Å². The van der Waals surface area contributed by atoms with E-state index in [0.717, 1.165) is 43.3 Å². The van der Waals surface area contributed by atoms with Crippen molar-refractivity contribution in [2.75, 3.05) is 23.3 Å². The Balaban J connectivity index is 1.63. The van der Waals surface area contributed by atoms with Crippen LogP contribution in [0.3, 0.4) is 0 Å². The molecule has 2 aromatic heterocycles. The lowest BCUT2D eigenvalue weighted by atomic mass is 10.0. The summed E-state index contributed by atoms with van der Waals surface area (Å²) in [6.45, 7) is 7.53. The number of aryl methyl sites for hydroxylation is 3. The number of nitrogens with one attached hydrogen (secondary N) is 1. The van der Waals surface area contributed by atoms with E-state index in [4.69, 9.17) is 0 Å². The van der Waals surface area contributed by atoms with Crippen molar-refractivity contribution in [2.45, 2.75) is 46.1 Å². The lowest BCUT2D eigenvalue weighted by molar-refractivity contribution is 0.514. The number of nitrogens with zero attached hydrogens (tertiary/aromatic N) is 5. The smallest absolute Gasteiger partial charge is 0.186 e. The second-order valence-corrected chi connectivity index (χ2v) is 6.16. The Labute approximate surface area is 141 Å². The zero-order valence-corrected chi connectivity index (χ0v) is 14.4. The van der Waals surface area contributed by atoms with Crippen LogP contribution < -0.4 is 10.2 Å². The van der Waals surface area contributed by atoms with Gasteiger partial charge in [0.15, 0.2) is 11.6 Å². The number of hydrogen-bond donors (Lipinski definition) is 1. The average molecular weight is 330 g/mol. The number of aromatic nitrogens is 4. The van der Waals surface area contributed by atoms with Gasteiger partial charge in [-0.25, -0.2) is 24.3 Å². The van der Waals surface area contributed by atoms with Crippen molar-refractivity contribution in [3.05, 3.63) is 35.4 Å². The average Bonchev–Trinajstić information content (AvgIpc) is 2.56.